The van der Waals surface area contributed by atoms with Crippen LogP contribution in [-0.2, 0) is 6.42 Å². The fraction of sp³-hybridized carbons (Fsp3) is 0.273. The standard InChI is InChI=1S/C11H12BrN/c1-8-3-2-4-10-9(5-6-12)7-13-11(8)10/h2-4,7,13H,5-6H2,1H3. The van der Waals surface area contributed by atoms with E-state index in [1.807, 2.05) is 0 Å². The fourth-order valence-electron chi connectivity index (χ4n) is 1.67. The number of nitrogens with one attached hydrogen (secondary N) is 1. The largest absolute Gasteiger partial charge is 0.361 e. The van der Waals surface area contributed by atoms with Crippen molar-refractivity contribution in [3.8, 4) is 0 Å². The monoisotopic (exact) mass is 237 g/mol. The Morgan fingerprint density at radius 3 is 3.00 bits per heavy atom. The predicted molar refractivity (Wildman–Crippen MR) is 60.5 cm³/mol. The minimum atomic E-state index is 1.02. The molecule has 0 spiro atoms. The van der Waals surface area contributed by atoms with Crippen LogP contribution in [-0.4, -0.2) is 10.3 Å². The molecule has 0 aliphatic carbocycles. The molecule has 13 heavy (non-hydrogen) atoms. The highest BCUT2D eigenvalue weighted by Gasteiger charge is 2.03. The summed E-state index contributed by atoms with van der Waals surface area (Å²) in [6, 6.07) is 6.43. The Morgan fingerprint density at radius 1 is 1.38 bits per heavy atom. The molecule has 0 radical (unpaired) electrons. The van der Waals surface area contributed by atoms with Crippen molar-refractivity contribution in [3.63, 3.8) is 0 Å². The minimum Gasteiger partial charge on any atom is -0.361 e. The third-order valence-corrected chi connectivity index (χ3v) is 2.77. The van der Waals surface area contributed by atoms with Gasteiger partial charge in [0, 0.05) is 22.4 Å². The molecule has 2 heteroatoms. The molecule has 1 N–H and O–H groups in total. The van der Waals surface area contributed by atoms with Gasteiger partial charge in [-0.05, 0) is 24.5 Å². The van der Waals surface area contributed by atoms with Crippen molar-refractivity contribution < 1.29 is 0 Å². The molecule has 0 saturated heterocycles. The Morgan fingerprint density at radius 2 is 2.23 bits per heavy atom. The van der Waals surface area contributed by atoms with Gasteiger partial charge in [0.2, 0.25) is 0 Å². The van der Waals surface area contributed by atoms with E-state index < -0.39 is 0 Å². The van der Waals surface area contributed by atoms with E-state index in [0.717, 1.165) is 11.8 Å². The Hall–Kier alpha value is -0.760. The Kier molecular flexibility index (Phi) is 2.40. The molecule has 1 nitrogen and oxygen atoms in total. The Balaban J connectivity index is 2.61. The van der Waals surface area contributed by atoms with Crippen LogP contribution in [0.25, 0.3) is 10.9 Å². The van der Waals surface area contributed by atoms with E-state index in [1.54, 1.807) is 0 Å². The summed E-state index contributed by atoms with van der Waals surface area (Å²) < 4.78 is 0. The first kappa shape index (κ1) is 8.82. The van der Waals surface area contributed by atoms with Crippen molar-refractivity contribution >= 4 is 26.8 Å². The van der Waals surface area contributed by atoms with Crippen molar-refractivity contribution in [1.29, 1.82) is 0 Å². The number of fused-ring (bicyclic) bond motifs is 1. The summed E-state index contributed by atoms with van der Waals surface area (Å²) in [6.45, 7) is 2.14. The van der Waals surface area contributed by atoms with Gasteiger partial charge in [0.15, 0.2) is 0 Å². The number of hydrogen-bond donors (Lipinski definition) is 1. The van der Waals surface area contributed by atoms with Gasteiger partial charge < -0.3 is 4.98 Å². The molecule has 0 saturated carbocycles. The molecule has 1 aromatic carbocycles. The molecule has 1 heterocycles. The number of aromatic amines is 1. The molecular weight excluding hydrogens is 226 g/mol. The lowest BCUT2D eigenvalue weighted by Crippen LogP contribution is -1.82. The Bertz CT molecular complexity index is 417. The molecule has 0 fully saturated rings. The quantitative estimate of drug-likeness (QED) is 0.771. The lowest BCUT2D eigenvalue weighted by Gasteiger charge is -1.96. The summed E-state index contributed by atoms with van der Waals surface area (Å²) in [6.07, 6.45) is 3.20. The number of rotatable bonds is 2. The lowest BCUT2D eigenvalue weighted by atomic mass is 10.1. The summed E-state index contributed by atoms with van der Waals surface area (Å²) in [5.74, 6) is 0. The van der Waals surface area contributed by atoms with Gasteiger partial charge in [0.05, 0.1) is 0 Å². The van der Waals surface area contributed by atoms with Crippen molar-refractivity contribution in [3.05, 3.63) is 35.5 Å². The van der Waals surface area contributed by atoms with Crippen LogP contribution in [0.15, 0.2) is 24.4 Å². The first-order valence-electron chi connectivity index (χ1n) is 4.44. The van der Waals surface area contributed by atoms with Gasteiger partial charge in [0.25, 0.3) is 0 Å². The summed E-state index contributed by atoms with van der Waals surface area (Å²) in [4.78, 5) is 3.32. The van der Waals surface area contributed by atoms with E-state index in [-0.39, 0.29) is 0 Å². The number of benzene rings is 1. The third-order valence-electron chi connectivity index (χ3n) is 2.37. The van der Waals surface area contributed by atoms with Crippen LogP contribution < -0.4 is 0 Å². The molecule has 2 aromatic rings. The zero-order valence-electron chi connectivity index (χ0n) is 7.60. The normalized spacial score (nSPS) is 10.9. The molecule has 0 aliphatic heterocycles. The fourth-order valence-corrected chi connectivity index (χ4v) is 2.10. The van der Waals surface area contributed by atoms with Crippen LogP contribution >= 0.6 is 15.9 Å². The zero-order chi connectivity index (χ0) is 9.26. The van der Waals surface area contributed by atoms with Crippen LogP contribution in [0.4, 0.5) is 0 Å². The van der Waals surface area contributed by atoms with Crippen LogP contribution in [0, 0.1) is 6.92 Å². The smallest absolute Gasteiger partial charge is 0.0486 e. The highest BCUT2D eigenvalue weighted by Crippen LogP contribution is 2.21. The van der Waals surface area contributed by atoms with E-state index >= 15 is 0 Å². The van der Waals surface area contributed by atoms with E-state index in [0.29, 0.717) is 0 Å². The molecule has 1 aromatic heterocycles. The van der Waals surface area contributed by atoms with Gasteiger partial charge in [-0.3, -0.25) is 0 Å². The van der Waals surface area contributed by atoms with Crippen LogP contribution in [0.2, 0.25) is 0 Å². The van der Waals surface area contributed by atoms with Crippen LogP contribution in [0.5, 0.6) is 0 Å². The van der Waals surface area contributed by atoms with Gasteiger partial charge in [0.1, 0.15) is 0 Å². The molecule has 0 aliphatic rings. The van der Waals surface area contributed by atoms with Gasteiger partial charge >= 0.3 is 0 Å². The van der Waals surface area contributed by atoms with Gasteiger partial charge in [-0.1, -0.05) is 34.1 Å². The number of halogens is 1. The third kappa shape index (κ3) is 1.51. The van der Waals surface area contributed by atoms with Crippen molar-refractivity contribution in [2.45, 2.75) is 13.3 Å². The summed E-state index contributed by atoms with van der Waals surface area (Å²) in [5, 5.41) is 2.38. The lowest BCUT2D eigenvalue weighted by molar-refractivity contribution is 1.18. The van der Waals surface area contributed by atoms with Crippen molar-refractivity contribution in [2.75, 3.05) is 5.33 Å². The number of aromatic nitrogens is 1. The first-order chi connectivity index (χ1) is 6.33. The number of para-hydroxylation sites is 1. The minimum absolute atomic E-state index is 1.02. The predicted octanol–water partition coefficient (Wildman–Crippen LogP) is 3.41. The SMILES string of the molecule is Cc1cccc2c(CCBr)c[nH]c12. The average Bonchev–Trinajstić information content (AvgIpc) is 2.51. The van der Waals surface area contributed by atoms with Crippen molar-refractivity contribution in [1.82, 2.24) is 4.98 Å². The molecule has 0 unspecified atom stereocenters. The van der Waals surface area contributed by atoms with Gasteiger partial charge in [-0.25, -0.2) is 0 Å². The van der Waals surface area contributed by atoms with Crippen LogP contribution in [0.3, 0.4) is 0 Å². The second-order valence-electron chi connectivity index (χ2n) is 3.25. The number of hydrogen-bond acceptors (Lipinski definition) is 0. The van der Waals surface area contributed by atoms with E-state index in [2.05, 4.69) is 52.2 Å². The molecular formula is C11H12BrN. The van der Waals surface area contributed by atoms with Crippen LogP contribution in [0.1, 0.15) is 11.1 Å². The second kappa shape index (κ2) is 3.54. The van der Waals surface area contributed by atoms with E-state index in [9.17, 15) is 0 Å². The maximum atomic E-state index is 3.46. The number of aryl methyl sites for hydroxylation is 2. The highest BCUT2D eigenvalue weighted by atomic mass is 79.9. The first-order valence-corrected chi connectivity index (χ1v) is 5.56. The van der Waals surface area contributed by atoms with E-state index in [1.165, 1.54) is 22.0 Å². The van der Waals surface area contributed by atoms with Gasteiger partial charge in [-0.2, -0.15) is 0 Å². The Labute approximate surface area is 86.3 Å². The average molecular weight is 238 g/mol. The molecule has 2 rings (SSSR count). The second-order valence-corrected chi connectivity index (χ2v) is 4.04. The van der Waals surface area contributed by atoms with Gasteiger partial charge in [-0.15, -0.1) is 0 Å². The summed E-state index contributed by atoms with van der Waals surface area (Å²) >= 11 is 3.46. The highest BCUT2D eigenvalue weighted by molar-refractivity contribution is 9.09. The maximum Gasteiger partial charge on any atom is 0.0486 e. The molecule has 0 atom stereocenters. The zero-order valence-corrected chi connectivity index (χ0v) is 9.19. The molecule has 0 bridgehead atoms. The molecule has 0 amide bonds. The maximum absolute atomic E-state index is 3.46. The van der Waals surface area contributed by atoms with Crippen molar-refractivity contribution in [2.24, 2.45) is 0 Å². The van der Waals surface area contributed by atoms with E-state index in [4.69, 9.17) is 0 Å². The number of H-pyrrole nitrogens is 1. The topological polar surface area (TPSA) is 15.8 Å². The summed E-state index contributed by atoms with van der Waals surface area (Å²) in [5.41, 5.74) is 3.99. The summed E-state index contributed by atoms with van der Waals surface area (Å²) in [7, 11) is 0. The number of alkyl halides is 1. The molecule has 68 valence electrons.